The highest BCUT2D eigenvalue weighted by Crippen LogP contribution is 2.21. The fourth-order valence-corrected chi connectivity index (χ4v) is 3.21. The third-order valence-corrected chi connectivity index (χ3v) is 4.07. The second kappa shape index (κ2) is 8.11. The molecule has 1 aliphatic rings. The molecule has 1 N–H and O–H groups in total. The Kier molecular flexibility index (Phi) is 7.10. The summed E-state index contributed by atoms with van der Waals surface area (Å²) in [6, 6.07) is 0.298. The maximum atomic E-state index is 12.3. The van der Waals surface area contributed by atoms with E-state index in [1.165, 1.54) is 0 Å². The van der Waals surface area contributed by atoms with Crippen LogP contribution in [0.5, 0.6) is 0 Å². The Labute approximate surface area is 129 Å². The SMILES string of the molecule is CCNC(C)(CC(C)N1C[C@@H](C)O[C@@H](C)C1)C(=O)OCC. The highest BCUT2D eigenvalue weighted by molar-refractivity contribution is 5.80. The van der Waals surface area contributed by atoms with E-state index in [-0.39, 0.29) is 18.2 Å². The van der Waals surface area contributed by atoms with Crippen LogP contribution in [0.1, 0.15) is 48.0 Å². The predicted octanol–water partition coefficient (Wildman–Crippen LogP) is 1.81. The predicted molar refractivity (Wildman–Crippen MR) is 84.4 cm³/mol. The van der Waals surface area contributed by atoms with Gasteiger partial charge in [0.15, 0.2) is 0 Å². The monoisotopic (exact) mass is 300 g/mol. The van der Waals surface area contributed by atoms with Crippen LogP contribution < -0.4 is 5.32 Å². The molecular weight excluding hydrogens is 268 g/mol. The molecule has 0 bridgehead atoms. The van der Waals surface area contributed by atoms with Crippen LogP contribution in [0.25, 0.3) is 0 Å². The molecule has 0 saturated carbocycles. The Morgan fingerprint density at radius 2 is 1.95 bits per heavy atom. The van der Waals surface area contributed by atoms with Crippen LogP contribution in [0.2, 0.25) is 0 Å². The minimum Gasteiger partial charge on any atom is -0.465 e. The summed E-state index contributed by atoms with van der Waals surface area (Å²) >= 11 is 0. The number of carbonyl (C=O) groups is 1. The minimum absolute atomic E-state index is 0.159. The molecule has 1 heterocycles. The molecule has 2 unspecified atom stereocenters. The largest absolute Gasteiger partial charge is 0.465 e. The van der Waals surface area contributed by atoms with Gasteiger partial charge in [0.05, 0.1) is 18.8 Å². The van der Waals surface area contributed by atoms with E-state index < -0.39 is 5.54 Å². The zero-order valence-electron chi connectivity index (χ0n) is 14.4. The van der Waals surface area contributed by atoms with Gasteiger partial charge in [0.1, 0.15) is 5.54 Å². The van der Waals surface area contributed by atoms with Gasteiger partial charge in [-0.25, -0.2) is 0 Å². The lowest BCUT2D eigenvalue weighted by Gasteiger charge is -2.41. The number of hydrogen-bond acceptors (Lipinski definition) is 5. The number of nitrogens with one attached hydrogen (secondary N) is 1. The van der Waals surface area contributed by atoms with Crippen LogP contribution in [-0.4, -0.2) is 60.9 Å². The van der Waals surface area contributed by atoms with Crippen molar-refractivity contribution < 1.29 is 14.3 Å². The molecule has 21 heavy (non-hydrogen) atoms. The summed E-state index contributed by atoms with van der Waals surface area (Å²) in [4.78, 5) is 14.7. The summed E-state index contributed by atoms with van der Waals surface area (Å²) in [7, 11) is 0. The van der Waals surface area contributed by atoms with E-state index in [0.29, 0.717) is 12.6 Å². The number of likely N-dealkylation sites (N-methyl/N-ethyl adjacent to an activating group) is 1. The molecule has 0 aromatic heterocycles. The van der Waals surface area contributed by atoms with Gasteiger partial charge in [0.25, 0.3) is 0 Å². The molecule has 4 atom stereocenters. The third-order valence-electron chi connectivity index (χ3n) is 4.07. The first-order valence-corrected chi connectivity index (χ1v) is 8.14. The van der Waals surface area contributed by atoms with E-state index in [1.54, 1.807) is 0 Å². The first kappa shape index (κ1) is 18.4. The van der Waals surface area contributed by atoms with E-state index in [4.69, 9.17) is 9.47 Å². The molecule has 1 rings (SSSR count). The summed E-state index contributed by atoms with van der Waals surface area (Å²) in [6.45, 7) is 15.2. The topological polar surface area (TPSA) is 50.8 Å². The van der Waals surface area contributed by atoms with Crippen LogP contribution >= 0.6 is 0 Å². The highest BCUT2D eigenvalue weighted by Gasteiger charge is 2.38. The van der Waals surface area contributed by atoms with Crippen LogP contribution in [0.3, 0.4) is 0 Å². The molecule has 5 heteroatoms. The molecule has 5 nitrogen and oxygen atoms in total. The van der Waals surface area contributed by atoms with Gasteiger partial charge in [-0.15, -0.1) is 0 Å². The van der Waals surface area contributed by atoms with Crippen molar-refractivity contribution in [2.24, 2.45) is 0 Å². The van der Waals surface area contributed by atoms with Gasteiger partial charge in [0.2, 0.25) is 0 Å². The first-order chi connectivity index (χ1) is 9.82. The summed E-state index contributed by atoms with van der Waals surface area (Å²) in [5, 5.41) is 3.30. The van der Waals surface area contributed by atoms with Crippen molar-refractivity contribution >= 4 is 5.97 Å². The van der Waals surface area contributed by atoms with Gasteiger partial charge in [0, 0.05) is 19.1 Å². The quantitative estimate of drug-likeness (QED) is 0.727. The molecule has 0 radical (unpaired) electrons. The van der Waals surface area contributed by atoms with E-state index in [1.807, 2.05) is 20.8 Å². The Morgan fingerprint density at radius 1 is 1.38 bits per heavy atom. The molecule has 124 valence electrons. The van der Waals surface area contributed by atoms with Crippen molar-refractivity contribution in [3.8, 4) is 0 Å². The molecular formula is C16H32N2O3. The molecule has 0 aromatic carbocycles. The Morgan fingerprint density at radius 3 is 2.43 bits per heavy atom. The number of hydrogen-bond donors (Lipinski definition) is 1. The number of carbonyl (C=O) groups excluding carboxylic acids is 1. The third kappa shape index (κ3) is 5.24. The number of morpholine rings is 1. The molecule has 1 saturated heterocycles. The van der Waals surface area contributed by atoms with Gasteiger partial charge < -0.3 is 14.8 Å². The van der Waals surface area contributed by atoms with Crippen LogP contribution in [0.4, 0.5) is 0 Å². The molecule has 0 spiro atoms. The van der Waals surface area contributed by atoms with Crippen LogP contribution in [-0.2, 0) is 14.3 Å². The number of nitrogens with zero attached hydrogens (tertiary/aromatic N) is 1. The number of rotatable bonds is 7. The zero-order valence-corrected chi connectivity index (χ0v) is 14.4. The van der Waals surface area contributed by atoms with Crippen molar-refractivity contribution in [3.05, 3.63) is 0 Å². The summed E-state index contributed by atoms with van der Waals surface area (Å²) in [6.07, 6.45) is 1.22. The average Bonchev–Trinajstić information content (AvgIpc) is 2.38. The smallest absolute Gasteiger partial charge is 0.326 e. The van der Waals surface area contributed by atoms with Crippen molar-refractivity contribution in [3.63, 3.8) is 0 Å². The molecule has 0 amide bonds. The minimum atomic E-state index is -0.630. The van der Waals surface area contributed by atoms with Gasteiger partial charge in [-0.3, -0.25) is 9.69 Å². The van der Waals surface area contributed by atoms with E-state index in [2.05, 4.69) is 31.0 Å². The standard InChI is InChI=1S/C16H32N2O3/c1-7-17-16(6,15(19)20-8-2)9-12(3)18-10-13(4)21-14(5)11-18/h12-14,17H,7-11H2,1-6H3/t12?,13-,14+,16?. The van der Waals surface area contributed by atoms with Gasteiger partial charge in [-0.1, -0.05) is 6.92 Å². The first-order valence-electron chi connectivity index (χ1n) is 8.14. The average molecular weight is 300 g/mol. The molecule has 0 aromatic rings. The lowest BCUT2D eigenvalue weighted by molar-refractivity contribution is -0.152. The lowest BCUT2D eigenvalue weighted by Crippen LogP contribution is -2.56. The van der Waals surface area contributed by atoms with E-state index in [9.17, 15) is 4.79 Å². The Bertz CT molecular complexity index is 327. The van der Waals surface area contributed by atoms with Crippen LogP contribution in [0, 0.1) is 0 Å². The maximum absolute atomic E-state index is 12.3. The van der Waals surface area contributed by atoms with Gasteiger partial charge in [-0.05, 0) is 47.6 Å². The second-order valence-corrected chi connectivity index (χ2v) is 6.35. The van der Waals surface area contributed by atoms with Crippen molar-refractivity contribution in [2.45, 2.75) is 71.8 Å². The second-order valence-electron chi connectivity index (χ2n) is 6.35. The zero-order chi connectivity index (χ0) is 16.0. The van der Waals surface area contributed by atoms with Gasteiger partial charge >= 0.3 is 5.97 Å². The Hall–Kier alpha value is -0.650. The summed E-state index contributed by atoms with van der Waals surface area (Å²) < 4.78 is 11.0. The van der Waals surface area contributed by atoms with E-state index in [0.717, 1.165) is 26.1 Å². The van der Waals surface area contributed by atoms with Gasteiger partial charge in [-0.2, -0.15) is 0 Å². The fourth-order valence-electron chi connectivity index (χ4n) is 3.21. The van der Waals surface area contributed by atoms with Crippen molar-refractivity contribution in [2.75, 3.05) is 26.2 Å². The normalized spacial score (nSPS) is 27.9. The summed E-state index contributed by atoms with van der Waals surface area (Å²) in [5.74, 6) is -0.159. The lowest BCUT2D eigenvalue weighted by atomic mass is 9.92. The number of ether oxygens (including phenoxy) is 2. The highest BCUT2D eigenvalue weighted by atomic mass is 16.5. The summed E-state index contributed by atoms with van der Waals surface area (Å²) in [5.41, 5.74) is -0.630. The van der Waals surface area contributed by atoms with Crippen molar-refractivity contribution in [1.29, 1.82) is 0 Å². The number of esters is 1. The molecule has 1 fully saturated rings. The molecule has 0 aliphatic carbocycles. The molecule has 1 aliphatic heterocycles. The fraction of sp³-hybridized carbons (Fsp3) is 0.938. The Balaban J connectivity index is 2.71. The van der Waals surface area contributed by atoms with Crippen molar-refractivity contribution in [1.82, 2.24) is 10.2 Å². The van der Waals surface area contributed by atoms with Crippen LogP contribution in [0.15, 0.2) is 0 Å². The maximum Gasteiger partial charge on any atom is 0.326 e. The van der Waals surface area contributed by atoms with E-state index >= 15 is 0 Å².